The smallest absolute Gasteiger partial charge is 0.252 e. The Labute approximate surface area is 207 Å². The van der Waals surface area contributed by atoms with E-state index in [0.29, 0.717) is 38.9 Å². The Bertz CT molecular complexity index is 1450. The molecule has 0 radical (unpaired) electrons. The third-order valence-electron chi connectivity index (χ3n) is 5.65. The SMILES string of the molecule is CS(=O)(=O)N1CCCc2ccc(N(S(=O)(=O)Cc3ccccc3)S(=O)(=O)Cc3ccccc3)cc21. The molecule has 3 aromatic carbocycles. The highest BCUT2D eigenvalue weighted by Crippen LogP contribution is 2.36. The Morgan fingerprint density at radius 1 is 0.743 bits per heavy atom. The Morgan fingerprint density at radius 3 is 1.74 bits per heavy atom. The van der Waals surface area contributed by atoms with Crippen molar-refractivity contribution in [3.8, 4) is 0 Å². The number of hydrogen-bond donors (Lipinski definition) is 0. The van der Waals surface area contributed by atoms with Crippen molar-refractivity contribution >= 4 is 41.4 Å². The van der Waals surface area contributed by atoms with Gasteiger partial charge in [0.15, 0.2) is 0 Å². The molecule has 0 saturated carbocycles. The van der Waals surface area contributed by atoms with E-state index in [1.165, 1.54) is 16.4 Å². The number of sulfonamides is 3. The summed E-state index contributed by atoms with van der Waals surface area (Å²) in [6.45, 7) is 0.239. The van der Waals surface area contributed by atoms with E-state index in [2.05, 4.69) is 0 Å². The van der Waals surface area contributed by atoms with E-state index in [-0.39, 0.29) is 12.2 Å². The zero-order valence-corrected chi connectivity index (χ0v) is 21.6. The summed E-state index contributed by atoms with van der Waals surface area (Å²) >= 11 is 0. The van der Waals surface area contributed by atoms with Gasteiger partial charge < -0.3 is 0 Å². The maximum Gasteiger partial charge on any atom is 0.252 e. The van der Waals surface area contributed by atoms with Crippen LogP contribution in [0.5, 0.6) is 0 Å². The monoisotopic (exact) mass is 534 g/mol. The number of rotatable bonds is 8. The van der Waals surface area contributed by atoms with Crippen molar-refractivity contribution in [3.05, 3.63) is 95.6 Å². The van der Waals surface area contributed by atoms with E-state index in [4.69, 9.17) is 0 Å². The minimum atomic E-state index is -4.41. The van der Waals surface area contributed by atoms with Crippen molar-refractivity contribution in [1.82, 2.24) is 0 Å². The van der Waals surface area contributed by atoms with Crippen LogP contribution >= 0.6 is 0 Å². The highest BCUT2D eigenvalue weighted by molar-refractivity contribution is 8.09. The topological polar surface area (TPSA) is 109 Å². The second-order valence-corrected chi connectivity index (χ2v) is 14.2. The van der Waals surface area contributed by atoms with Gasteiger partial charge in [0.25, 0.3) is 20.0 Å². The van der Waals surface area contributed by atoms with Gasteiger partial charge >= 0.3 is 0 Å². The molecule has 35 heavy (non-hydrogen) atoms. The zero-order chi connectivity index (χ0) is 25.3. The molecule has 11 heteroatoms. The quantitative estimate of drug-likeness (QED) is 0.439. The summed E-state index contributed by atoms with van der Waals surface area (Å²) in [7, 11) is -12.5. The molecule has 1 heterocycles. The molecule has 0 atom stereocenters. The van der Waals surface area contributed by atoms with Crippen LogP contribution in [0.1, 0.15) is 23.1 Å². The van der Waals surface area contributed by atoms with Gasteiger partial charge in [0, 0.05) is 6.54 Å². The molecule has 0 saturated heterocycles. The lowest BCUT2D eigenvalue weighted by atomic mass is 10.0. The molecule has 0 amide bonds. The van der Waals surface area contributed by atoms with E-state index >= 15 is 0 Å². The van der Waals surface area contributed by atoms with Crippen molar-refractivity contribution in [2.45, 2.75) is 24.3 Å². The third kappa shape index (κ3) is 5.68. The number of fused-ring (bicyclic) bond motifs is 1. The molecule has 186 valence electrons. The van der Waals surface area contributed by atoms with Crippen LogP contribution < -0.4 is 8.02 Å². The van der Waals surface area contributed by atoms with Crippen molar-refractivity contribution < 1.29 is 25.3 Å². The Kier molecular flexibility index (Phi) is 6.94. The van der Waals surface area contributed by atoms with Crippen molar-refractivity contribution in [1.29, 1.82) is 0 Å². The lowest BCUT2D eigenvalue weighted by Crippen LogP contribution is -2.39. The molecule has 0 spiro atoms. The molecule has 0 N–H and O–H groups in total. The molecule has 1 aliphatic heterocycles. The summed E-state index contributed by atoms with van der Waals surface area (Å²) in [6, 6.07) is 21.0. The van der Waals surface area contributed by atoms with Gasteiger partial charge in [0.05, 0.1) is 29.1 Å². The molecular formula is C24H26N2O6S3. The summed E-state index contributed by atoms with van der Waals surface area (Å²) in [5, 5.41) is 0. The molecule has 0 aliphatic carbocycles. The number of nitrogens with zero attached hydrogens (tertiary/aromatic N) is 2. The molecule has 0 fully saturated rings. The van der Waals surface area contributed by atoms with Crippen LogP contribution in [0.3, 0.4) is 0 Å². The minimum absolute atomic E-state index is 0.119. The largest absolute Gasteiger partial charge is 0.270 e. The van der Waals surface area contributed by atoms with Gasteiger partial charge in [0.1, 0.15) is 0 Å². The lowest BCUT2D eigenvalue weighted by molar-refractivity contribution is 0.583. The summed E-state index contributed by atoms with van der Waals surface area (Å²) in [4.78, 5) is 0. The fourth-order valence-electron chi connectivity index (χ4n) is 4.17. The fraction of sp³-hybridized carbons (Fsp3) is 0.250. The third-order valence-corrected chi connectivity index (χ3v) is 11.0. The maximum absolute atomic E-state index is 13.6. The summed E-state index contributed by atoms with van der Waals surface area (Å²) in [6.07, 6.45) is 2.29. The zero-order valence-electron chi connectivity index (χ0n) is 19.1. The van der Waals surface area contributed by atoms with Gasteiger partial charge in [0.2, 0.25) is 10.0 Å². The predicted octanol–water partition coefficient (Wildman–Crippen LogP) is 3.27. The molecule has 4 rings (SSSR count). The number of hydrogen-bond acceptors (Lipinski definition) is 6. The van der Waals surface area contributed by atoms with Gasteiger partial charge in [-0.25, -0.2) is 25.3 Å². The summed E-state index contributed by atoms with van der Waals surface area (Å²) in [5.74, 6) is -1.07. The van der Waals surface area contributed by atoms with E-state index in [1.807, 2.05) is 0 Å². The molecule has 1 aliphatic rings. The average Bonchev–Trinajstić information content (AvgIpc) is 2.78. The molecule has 8 nitrogen and oxygen atoms in total. The molecule has 0 unspecified atom stereocenters. The molecule has 0 aromatic heterocycles. The molecule has 0 bridgehead atoms. The van der Waals surface area contributed by atoms with Crippen molar-refractivity contribution in [2.75, 3.05) is 20.8 Å². The molecular weight excluding hydrogens is 508 g/mol. The van der Waals surface area contributed by atoms with E-state index < -0.39 is 41.6 Å². The van der Waals surface area contributed by atoms with Gasteiger partial charge in [-0.1, -0.05) is 66.7 Å². The first-order chi connectivity index (χ1) is 16.5. The average molecular weight is 535 g/mol. The highest BCUT2D eigenvalue weighted by Gasteiger charge is 2.36. The van der Waals surface area contributed by atoms with Gasteiger partial charge in [-0.2, -0.15) is 3.71 Å². The van der Waals surface area contributed by atoms with E-state index in [9.17, 15) is 25.3 Å². The summed E-state index contributed by atoms with van der Waals surface area (Å²) in [5.41, 5.74) is 1.76. The second-order valence-electron chi connectivity index (χ2n) is 8.43. The summed E-state index contributed by atoms with van der Waals surface area (Å²) < 4.78 is 80.8. The number of benzene rings is 3. The lowest BCUT2D eigenvalue weighted by Gasteiger charge is -2.31. The van der Waals surface area contributed by atoms with E-state index in [1.54, 1.807) is 66.7 Å². The minimum Gasteiger partial charge on any atom is -0.270 e. The van der Waals surface area contributed by atoms with Crippen LogP contribution in [-0.2, 0) is 48.0 Å². The van der Waals surface area contributed by atoms with Crippen molar-refractivity contribution in [2.24, 2.45) is 0 Å². The highest BCUT2D eigenvalue weighted by atomic mass is 32.3. The van der Waals surface area contributed by atoms with Crippen LogP contribution in [0.15, 0.2) is 78.9 Å². The van der Waals surface area contributed by atoms with Gasteiger partial charge in [-0.3, -0.25) is 4.31 Å². The fourth-order valence-corrected chi connectivity index (χ4v) is 9.19. The van der Waals surface area contributed by atoms with Crippen LogP contribution in [0.4, 0.5) is 11.4 Å². The predicted molar refractivity (Wildman–Crippen MR) is 138 cm³/mol. The van der Waals surface area contributed by atoms with Crippen molar-refractivity contribution in [3.63, 3.8) is 0 Å². The first kappa shape index (κ1) is 25.2. The van der Waals surface area contributed by atoms with Crippen LogP contribution in [0.2, 0.25) is 0 Å². The van der Waals surface area contributed by atoms with Crippen LogP contribution in [-0.4, -0.2) is 38.1 Å². The van der Waals surface area contributed by atoms with Crippen LogP contribution in [0, 0.1) is 0 Å². The normalized spacial score (nSPS) is 14.4. The van der Waals surface area contributed by atoms with Crippen LogP contribution in [0.25, 0.3) is 0 Å². The Hall–Kier alpha value is -2.89. The first-order valence-electron chi connectivity index (χ1n) is 10.9. The van der Waals surface area contributed by atoms with E-state index in [0.717, 1.165) is 6.26 Å². The number of anilines is 2. The standard InChI is InChI=1S/C24H26N2O6S3/c1-33(27,28)25-16-8-13-22-14-15-23(17-24(22)25)26(34(29,30)18-20-9-4-2-5-10-20)35(31,32)19-21-11-6-3-7-12-21/h2-7,9-12,14-15,17H,8,13,16,18-19H2,1H3. The second kappa shape index (κ2) is 9.63. The Balaban J connectivity index is 1.85. The number of aryl methyl sites for hydroxylation is 1. The van der Waals surface area contributed by atoms with Gasteiger partial charge in [-0.15, -0.1) is 0 Å². The molecule has 3 aromatic rings. The first-order valence-corrected chi connectivity index (χ1v) is 16.0. The Morgan fingerprint density at radius 2 is 1.26 bits per heavy atom. The maximum atomic E-state index is 13.6. The van der Waals surface area contributed by atoms with Gasteiger partial charge in [-0.05, 0) is 41.7 Å².